The molecular formula is C25H24Cl2F2Zr. The van der Waals surface area contributed by atoms with E-state index in [1.165, 1.54) is 53.4 Å². The zero-order valence-electron chi connectivity index (χ0n) is 16.8. The molecule has 1 saturated carbocycles. The van der Waals surface area contributed by atoms with E-state index in [0.717, 1.165) is 29.5 Å². The van der Waals surface area contributed by atoms with E-state index in [9.17, 15) is 8.78 Å². The number of rotatable bonds is 2. The molecule has 0 nitrogen and oxygen atoms in total. The number of halogens is 4. The predicted octanol–water partition coefficient (Wildman–Crippen LogP) is 0.158. The minimum atomic E-state index is -2.33. The van der Waals surface area contributed by atoms with Gasteiger partial charge in [0, 0.05) is 0 Å². The van der Waals surface area contributed by atoms with Crippen LogP contribution in [0.1, 0.15) is 56.1 Å². The number of hydrogen-bond acceptors (Lipinski definition) is 0. The zero-order chi connectivity index (χ0) is 19.1. The molecule has 1 fully saturated rings. The van der Waals surface area contributed by atoms with Crippen LogP contribution in [0, 0.1) is 11.6 Å². The number of allylic oxidation sites excluding steroid dienone is 4. The van der Waals surface area contributed by atoms with Crippen molar-refractivity contribution >= 4 is 6.48 Å². The number of benzene rings is 2. The molecule has 156 valence electrons. The molecule has 0 unspecified atom stereocenters. The third-order valence-corrected chi connectivity index (χ3v) is 14.2. The predicted molar refractivity (Wildman–Crippen MR) is 109 cm³/mol. The van der Waals surface area contributed by atoms with E-state index in [1.807, 2.05) is 12.1 Å². The standard InChI is InChI=1S/C13H7F2.C7H12.C5H5.2ClH.Zr/c14-10-3-1-8-5-9-2-4-11(15)7-13(9)12(8)6-10;1-2-4-6-7-5-3-1;1-2-4-5-3-1;;;/h1,3-4,6-7H,5H2;1-6H2;1-3H,4H2;2*1H;/q;;;;;+2/p-2. The Morgan fingerprint density at radius 3 is 2.23 bits per heavy atom. The van der Waals surface area contributed by atoms with Gasteiger partial charge in [0.05, 0.1) is 0 Å². The van der Waals surface area contributed by atoms with Crippen molar-refractivity contribution in [2.45, 2.75) is 51.4 Å². The molecule has 0 aliphatic heterocycles. The average molecular weight is 525 g/mol. The van der Waals surface area contributed by atoms with Crippen LogP contribution in [-0.4, -0.2) is 3.21 Å². The summed E-state index contributed by atoms with van der Waals surface area (Å²) in [6, 6.07) is 8.47. The second-order valence-corrected chi connectivity index (χ2v) is 14.7. The van der Waals surface area contributed by atoms with Crippen LogP contribution < -0.4 is 28.1 Å². The van der Waals surface area contributed by atoms with Crippen molar-refractivity contribution < 1.29 is 54.9 Å². The molecule has 2 aromatic rings. The first-order chi connectivity index (χ1) is 13.7. The Morgan fingerprint density at radius 1 is 0.800 bits per heavy atom. The number of hydrogen-bond donors (Lipinski definition) is 0. The molecule has 0 saturated heterocycles. The molecule has 0 bridgehead atoms. The van der Waals surface area contributed by atoms with Crippen molar-refractivity contribution in [3.63, 3.8) is 0 Å². The summed E-state index contributed by atoms with van der Waals surface area (Å²) >= 11 is -2.33. The third kappa shape index (κ3) is 4.50. The van der Waals surface area contributed by atoms with E-state index in [0.29, 0.717) is 0 Å². The average Bonchev–Trinajstić information content (AvgIpc) is 3.24. The SMILES string of the molecule is Fc1ccc2c(c1)-c1cc(F)c[c]([Zr+2]([C]3=CC=CC3)=[C]3CCCCCC3)c1C2.[Cl-].[Cl-]. The monoisotopic (exact) mass is 522 g/mol. The third-order valence-electron chi connectivity index (χ3n) is 6.37. The van der Waals surface area contributed by atoms with E-state index >= 15 is 0 Å². The first-order valence-corrected chi connectivity index (χ1v) is 14.1. The summed E-state index contributed by atoms with van der Waals surface area (Å²) in [6.07, 6.45) is 16.2. The Hall–Kier alpha value is -0.887. The zero-order valence-corrected chi connectivity index (χ0v) is 20.8. The minimum absolute atomic E-state index is 0. The van der Waals surface area contributed by atoms with Gasteiger partial charge in [0.1, 0.15) is 0 Å². The molecule has 0 amide bonds. The molecule has 0 aromatic heterocycles. The molecule has 0 spiro atoms. The van der Waals surface area contributed by atoms with Crippen molar-refractivity contribution in [3.8, 4) is 11.1 Å². The normalized spacial score (nSPS) is 16.4. The fourth-order valence-corrected chi connectivity index (χ4v) is 13.5. The summed E-state index contributed by atoms with van der Waals surface area (Å²) in [5.41, 5.74) is 4.24. The van der Waals surface area contributed by atoms with Crippen LogP contribution in [0.4, 0.5) is 8.78 Å². The van der Waals surface area contributed by atoms with Crippen molar-refractivity contribution in [2.75, 3.05) is 0 Å². The van der Waals surface area contributed by atoms with Gasteiger partial charge < -0.3 is 24.8 Å². The van der Waals surface area contributed by atoms with Crippen LogP contribution in [0.15, 0.2) is 51.8 Å². The van der Waals surface area contributed by atoms with Gasteiger partial charge >= 0.3 is 174 Å². The molecular weight excluding hydrogens is 500 g/mol. The van der Waals surface area contributed by atoms with Gasteiger partial charge in [0.2, 0.25) is 0 Å². The summed E-state index contributed by atoms with van der Waals surface area (Å²) in [5, 5.41) is 0. The molecule has 0 N–H and O–H groups in total. The van der Waals surface area contributed by atoms with Gasteiger partial charge in [-0.1, -0.05) is 0 Å². The van der Waals surface area contributed by atoms with Gasteiger partial charge in [0.25, 0.3) is 0 Å². The second kappa shape index (κ2) is 10.2. The van der Waals surface area contributed by atoms with E-state index in [2.05, 4.69) is 18.2 Å². The topological polar surface area (TPSA) is 0 Å². The summed E-state index contributed by atoms with van der Waals surface area (Å²) in [4.78, 5) is 0. The van der Waals surface area contributed by atoms with Crippen LogP contribution >= 0.6 is 0 Å². The second-order valence-electron chi connectivity index (χ2n) is 8.17. The van der Waals surface area contributed by atoms with E-state index < -0.39 is 21.3 Å². The van der Waals surface area contributed by atoms with Crippen molar-refractivity contribution in [3.05, 3.63) is 74.6 Å². The summed E-state index contributed by atoms with van der Waals surface area (Å²) in [5.74, 6) is -0.401. The van der Waals surface area contributed by atoms with Gasteiger partial charge in [-0.2, -0.15) is 0 Å². The maximum absolute atomic E-state index is 14.8. The Bertz CT molecular complexity index is 1040. The van der Waals surface area contributed by atoms with Gasteiger partial charge in [-0.25, -0.2) is 0 Å². The minimum Gasteiger partial charge on any atom is -1.00 e. The number of fused-ring (bicyclic) bond motifs is 3. The summed E-state index contributed by atoms with van der Waals surface area (Å²) in [6.45, 7) is 0. The van der Waals surface area contributed by atoms with Crippen LogP contribution in [0.3, 0.4) is 0 Å². The van der Waals surface area contributed by atoms with Crippen LogP contribution in [-0.2, 0) is 27.7 Å². The van der Waals surface area contributed by atoms with Gasteiger partial charge in [-0.05, 0) is 0 Å². The van der Waals surface area contributed by atoms with E-state index in [-0.39, 0.29) is 36.4 Å². The molecule has 2 aromatic carbocycles. The first-order valence-electron chi connectivity index (χ1n) is 10.4. The summed E-state index contributed by atoms with van der Waals surface area (Å²) in [7, 11) is 0. The molecule has 3 aliphatic carbocycles. The molecule has 0 heterocycles. The van der Waals surface area contributed by atoms with E-state index in [4.69, 9.17) is 0 Å². The molecule has 3 aliphatic rings. The maximum Gasteiger partial charge on any atom is -1.00 e. The Morgan fingerprint density at radius 2 is 1.53 bits per heavy atom. The molecule has 0 radical (unpaired) electrons. The van der Waals surface area contributed by atoms with Gasteiger partial charge in [-0.15, -0.1) is 0 Å². The maximum atomic E-state index is 14.8. The molecule has 5 rings (SSSR count). The molecule has 30 heavy (non-hydrogen) atoms. The van der Waals surface area contributed by atoms with Crippen LogP contribution in [0.5, 0.6) is 0 Å². The molecule has 5 heteroatoms. The Balaban J connectivity index is 0.00000128. The molecule has 0 atom stereocenters. The van der Waals surface area contributed by atoms with Crippen LogP contribution in [0.2, 0.25) is 0 Å². The quantitative estimate of drug-likeness (QED) is 0.419. The smallest absolute Gasteiger partial charge is 1.00 e. The van der Waals surface area contributed by atoms with Crippen LogP contribution in [0.25, 0.3) is 11.1 Å². The van der Waals surface area contributed by atoms with E-state index in [1.54, 1.807) is 18.6 Å². The summed E-state index contributed by atoms with van der Waals surface area (Å²) < 4.78 is 33.3. The fourth-order valence-electron chi connectivity index (χ4n) is 5.06. The first kappa shape index (κ1) is 23.8. The van der Waals surface area contributed by atoms with Gasteiger partial charge in [-0.3, -0.25) is 0 Å². The van der Waals surface area contributed by atoms with Gasteiger partial charge in [0.15, 0.2) is 0 Å². The van der Waals surface area contributed by atoms with Crippen molar-refractivity contribution in [2.24, 2.45) is 0 Å². The Labute approximate surface area is 197 Å². The van der Waals surface area contributed by atoms with Crippen molar-refractivity contribution in [1.29, 1.82) is 0 Å². The largest absolute Gasteiger partial charge is 1.00 e. The van der Waals surface area contributed by atoms with Crippen molar-refractivity contribution in [1.82, 2.24) is 0 Å². The Kier molecular flexibility index (Phi) is 8.05. The fraction of sp³-hybridized carbons (Fsp3) is 0.320.